The lowest BCUT2D eigenvalue weighted by molar-refractivity contribution is 0.0736. The SMILES string of the molecule is COc1cc(Br)cn2nc(C(=O)N(C)C(C)c3ccccc3)cc12. The van der Waals surface area contributed by atoms with Crippen LogP contribution in [0.25, 0.3) is 5.52 Å². The summed E-state index contributed by atoms with van der Waals surface area (Å²) in [5, 5.41) is 4.39. The van der Waals surface area contributed by atoms with Gasteiger partial charge in [-0.1, -0.05) is 30.3 Å². The second-order valence-corrected chi connectivity index (χ2v) is 6.50. The molecule has 3 rings (SSSR count). The van der Waals surface area contributed by atoms with Gasteiger partial charge >= 0.3 is 0 Å². The normalized spacial score (nSPS) is 12.2. The van der Waals surface area contributed by atoms with E-state index in [1.54, 1.807) is 35.8 Å². The maximum atomic E-state index is 12.8. The summed E-state index contributed by atoms with van der Waals surface area (Å²) < 4.78 is 7.85. The molecule has 0 saturated carbocycles. The van der Waals surface area contributed by atoms with Crippen molar-refractivity contribution in [3.8, 4) is 5.75 Å². The molecule has 0 bridgehead atoms. The molecule has 0 saturated heterocycles. The van der Waals surface area contributed by atoms with E-state index in [0.29, 0.717) is 11.4 Å². The van der Waals surface area contributed by atoms with Gasteiger partial charge in [-0.3, -0.25) is 4.79 Å². The van der Waals surface area contributed by atoms with E-state index in [1.165, 1.54) is 0 Å². The van der Waals surface area contributed by atoms with Crippen molar-refractivity contribution in [3.63, 3.8) is 0 Å². The van der Waals surface area contributed by atoms with Crippen molar-refractivity contribution in [2.45, 2.75) is 13.0 Å². The molecule has 0 aliphatic carbocycles. The van der Waals surface area contributed by atoms with E-state index in [4.69, 9.17) is 4.74 Å². The average Bonchev–Trinajstić information content (AvgIpc) is 3.03. The summed E-state index contributed by atoms with van der Waals surface area (Å²) in [7, 11) is 3.39. The highest BCUT2D eigenvalue weighted by molar-refractivity contribution is 9.10. The van der Waals surface area contributed by atoms with Crippen molar-refractivity contribution >= 4 is 27.4 Å². The first-order valence-electron chi connectivity index (χ1n) is 7.56. The Labute approximate surface area is 149 Å². The molecule has 2 heterocycles. The van der Waals surface area contributed by atoms with Gasteiger partial charge in [0.05, 0.1) is 13.2 Å². The maximum absolute atomic E-state index is 12.8. The summed E-state index contributed by atoms with van der Waals surface area (Å²) in [5.41, 5.74) is 2.22. The van der Waals surface area contributed by atoms with Gasteiger partial charge in [-0.2, -0.15) is 5.10 Å². The standard InChI is InChI=1S/C18H18BrN3O2/c1-12(13-7-5-4-6-8-13)21(2)18(23)15-10-16-17(24-3)9-14(19)11-22(16)20-15/h4-12H,1-3H3. The van der Waals surface area contributed by atoms with Gasteiger partial charge in [0.25, 0.3) is 5.91 Å². The van der Waals surface area contributed by atoms with Crippen molar-refractivity contribution < 1.29 is 9.53 Å². The van der Waals surface area contributed by atoms with Crippen molar-refractivity contribution in [2.24, 2.45) is 0 Å². The van der Waals surface area contributed by atoms with Crippen LogP contribution in [0.2, 0.25) is 0 Å². The molecular formula is C18H18BrN3O2. The number of pyridine rings is 1. The predicted molar refractivity (Wildman–Crippen MR) is 96.4 cm³/mol. The van der Waals surface area contributed by atoms with E-state index in [1.807, 2.05) is 43.3 Å². The number of ether oxygens (including phenoxy) is 1. The Morgan fingerprint density at radius 3 is 2.67 bits per heavy atom. The van der Waals surface area contributed by atoms with Crippen LogP contribution in [-0.4, -0.2) is 34.6 Å². The summed E-state index contributed by atoms with van der Waals surface area (Å²) in [4.78, 5) is 14.5. The highest BCUT2D eigenvalue weighted by Gasteiger charge is 2.22. The molecule has 1 amide bonds. The Hall–Kier alpha value is -2.34. The van der Waals surface area contributed by atoms with Crippen molar-refractivity contribution in [1.29, 1.82) is 0 Å². The Balaban J connectivity index is 1.93. The molecule has 3 aromatic rings. The number of aromatic nitrogens is 2. The molecule has 6 heteroatoms. The van der Waals surface area contributed by atoms with Gasteiger partial charge in [-0.15, -0.1) is 0 Å². The molecule has 0 N–H and O–H groups in total. The lowest BCUT2D eigenvalue weighted by Gasteiger charge is -2.24. The van der Waals surface area contributed by atoms with Crippen molar-refractivity contribution in [3.05, 3.63) is 64.4 Å². The fourth-order valence-electron chi connectivity index (χ4n) is 2.61. The first-order chi connectivity index (χ1) is 11.5. The van der Waals surface area contributed by atoms with Crippen LogP contribution in [0.3, 0.4) is 0 Å². The molecule has 0 fully saturated rings. The Kier molecular flexibility index (Phi) is 4.57. The number of benzene rings is 1. The van der Waals surface area contributed by atoms with Crippen molar-refractivity contribution in [1.82, 2.24) is 14.5 Å². The fraction of sp³-hybridized carbons (Fsp3) is 0.222. The zero-order chi connectivity index (χ0) is 17.3. The number of hydrogen-bond donors (Lipinski definition) is 0. The monoisotopic (exact) mass is 387 g/mol. The number of carbonyl (C=O) groups excluding carboxylic acids is 1. The minimum absolute atomic E-state index is 0.0443. The minimum atomic E-state index is -0.131. The quantitative estimate of drug-likeness (QED) is 0.680. The summed E-state index contributed by atoms with van der Waals surface area (Å²) >= 11 is 3.42. The predicted octanol–water partition coefficient (Wildman–Crippen LogP) is 3.94. The number of methoxy groups -OCH3 is 1. The molecule has 0 aliphatic heterocycles. The Morgan fingerprint density at radius 2 is 2.00 bits per heavy atom. The van der Waals surface area contributed by atoms with Gasteiger partial charge in [-0.25, -0.2) is 4.52 Å². The van der Waals surface area contributed by atoms with E-state index in [2.05, 4.69) is 21.0 Å². The highest BCUT2D eigenvalue weighted by Crippen LogP contribution is 2.26. The van der Waals surface area contributed by atoms with Gasteiger partial charge in [0.2, 0.25) is 0 Å². The second kappa shape index (κ2) is 6.65. The summed E-state index contributed by atoms with van der Waals surface area (Å²) in [5.74, 6) is 0.530. The van der Waals surface area contributed by atoms with E-state index in [0.717, 1.165) is 15.6 Å². The molecular weight excluding hydrogens is 370 g/mol. The Morgan fingerprint density at radius 1 is 1.29 bits per heavy atom. The number of halogens is 1. The molecule has 124 valence electrons. The van der Waals surface area contributed by atoms with Gasteiger partial charge in [0.15, 0.2) is 5.69 Å². The van der Waals surface area contributed by atoms with Crippen LogP contribution in [-0.2, 0) is 0 Å². The van der Waals surface area contributed by atoms with E-state index in [-0.39, 0.29) is 11.9 Å². The molecule has 2 aromatic heterocycles. The lowest BCUT2D eigenvalue weighted by Crippen LogP contribution is -2.30. The number of hydrogen-bond acceptors (Lipinski definition) is 3. The number of fused-ring (bicyclic) bond motifs is 1. The minimum Gasteiger partial charge on any atom is -0.494 e. The number of carbonyl (C=O) groups is 1. The van der Waals surface area contributed by atoms with Gasteiger partial charge in [0, 0.05) is 23.8 Å². The maximum Gasteiger partial charge on any atom is 0.274 e. The smallest absolute Gasteiger partial charge is 0.274 e. The largest absolute Gasteiger partial charge is 0.494 e. The van der Waals surface area contributed by atoms with E-state index < -0.39 is 0 Å². The summed E-state index contributed by atoms with van der Waals surface area (Å²) in [6, 6.07) is 13.5. The zero-order valence-corrected chi connectivity index (χ0v) is 15.3. The average molecular weight is 388 g/mol. The highest BCUT2D eigenvalue weighted by atomic mass is 79.9. The van der Waals surface area contributed by atoms with Crippen LogP contribution in [0.15, 0.2) is 53.1 Å². The first-order valence-corrected chi connectivity index (χ1v) is 8.35. The molecule has 0 spiro atoms. The van der Waals surface area contributed by atoms with Crippen LogP contribution in [0.1, 0.15) is 29.0 Å². The molecule has 5 nitrogen and oxygen atoms in total. The molecule has 0 aliphatic rings. The zero-order valence-electron chi connectivity index (χ0n) is 13.7. The topological polar surface area (TPSA) is 46.8 Å². The van der Waals surface area contributed by atoms with Crippen molar-refractivity contribution in [2.75, 3.05) is 14.2 Å². The van der Waals surface area contributed by atoms with Gasteiger partial charge in [-0.05, 0) is 34.5 Å². The number of nitrogens with zero attached hydrogens (tertiary/aromatic N) is 3. The summed E-state index contributed by atoms with van der Waals surface area (Å²) in [6.07, 6.45) is 1.80. The second-order valence-electron chi connectivity index (χ2n) is 5.59. The van der Waals surface area contributed by atoms with Crippen LogP contribution in [0.5, 0.6) is 5.75 Å². The number of amides is 1. The Bertz CT molecular complexity index is 877. The van der Waals surface area contributed by atoms with E-state index in [9.17, 15) is 4.79 Å². The van der Waals surface area contributed by atoms with Gasteiger partial charge in [0.1, 0.15) is 11.3 Å². The lowest BCUT2D eigenvalue weighted by atomic mass is 10.1. The third-order valence-electron chi connectivity index (χ3n) is 4.13. The fourth-order valence-corrected chi connectivity index (χ4v) is 3.01. The van der Waals surface area contributed by atoms with Crippen LogP contribution >= 0.6 is 15.9 Å². The molecule has 0 radical (unpaired) electrons. The third-order valence-corrected chi connectivity index (χ3v) is 4.56. The summed E-state index contributed by atoms with van der Waals surface area (Å²) in [6.45, 7) is 2.00. The third kappa shape index (κ3) is 3.01. The van der Waals surface area contributed by atoms with Gasteiger partial charge < -0.3 is 9.64 Å². The van der Waals surface area contributed by atoms with Crippen LogP contribution in [0.4, 0.5) is 0 Å². The molecule has 1 atom stereocenters. The molecule has 24 heavy (non-hydrogen) atoms. The first kappa shape index (κ1) is 16.5. The van der Waals surface area contributed by atoms with Crippen LogP contribution < -0.4 is 4.74 Å². The van der Waals surface area contributed by atoms with Crippen LogP contribution in [0, 0.1) is 0 Å². The van der Waals surface area contributed by atoms with E-state index >= 15 is 0 Å². The number of rotatable bonds is 4. The molecule has 1 unspecified atom stereocenters. The molecule has 1 aromatic carbocycles.